The highest BCUT2D eigenvalue weighted by Gasteiger charge is 2.22. The molecule has 0 aliphatic rings. The zero-order valence-corrected chi connectivity index (χ0v) is 40.0. The van der Waals surface area contributed by atoms with Crippen LogP contribution in [0.15, 0.2) is 261 Å². The predicted octanol–water partition coefficient (Wildman–Crippen LogP) is 16.6. The molecule has 346 valence electrons. The van der Waals surface area contributed by atoms with E-state index < -0.39 is 0 Å². The molecule has 5 aromatic heterocycles. The van der Waals surface area contributed by atoms with E-state index >= 15 is 0 Å². The number of aromatic nitrogens is 7. The molecule has 15 aromatic rings. The average Bonchev–Trinajstić information content (AvgIpc) is 4.27. The number of para-hydroxylation sites is 3. The normalized spacial score (nSPS) is 11.8. The highest BCUT2D eigenvalue weighted by Crippen LogP contribution is 2.43. The van der Waals surface area contributed by atoms with Crippen LogP contribution < -0.4 is 0 Å². The molecule has 10 aromatic carbocycles. The Hall–Kier alpha value is -10.1. The molecule has 0 unspecified atom stereocenters. The van der Waals surface area contributed by atoms with E-state index in [1.807, 2.05) is 60.7 Å². The van der Waals surface area contributed by atoms with Gasteiger partial charge in [0, 0.05) is 84.2 Å². The molecular formula is C67H43N7. The SMILES string of the molecule is c1ccc(-c2nc(-c3ccccc3)nc(-c3cccc(-n4c5ccc(-c6ccc7c(c6)c6ccc8c(ccn8-c8ccccc8)c6n7-c6ccccc6)cc5c5ccc6c(ccn6-c6ccccc6)c54)c3)n2)cc1. The van der Waals surface area contributed by atoms with Crippen molar-refractivity contribution in [3.05, 3.63) is 261 Å². The minimum absolute atomic E-state index is 0.612. The molecule has 15 rings (SSSR count). The fourth-order valence-electron chi connectivity index (χ4n) is 11.3. The van der Waals surface area contributed by atoms with Gasteiger partial charge in [-0.2, -0.15) is 0 Å². The largest absolute Gasteiger partial charge is 0.316 e. The van der Waals surface area contributed by atoms with Crippen LogP contribution in [-0.2, 0) is 0 Å². The second-order valence-electron chi connectivity index (χ2n) is 18.9. The molecule has 0 bridgehead atoms. The smallest absolute Gasteiger partial charge is 0.164 e. The minimum atomic E-state index is 0.612. The highest BCUT2D eigenvalue weighted by molar-refractivity contribution is 6.21. The molecule has 7 nitrogen and oxygen atoms in total. The van der Waals surface area contributed by atoms with Gasteiger partial charge in [0.15, 0.2) is 17.5 Å². The Labute approximate surface area is 425 Å². The van der Waals surface area contributed by atoms with Gasteiger partial charge >= 0.3 is 0 Å². The lowest BCUT2D eigenvalue weighted by Crippen LogP contribution is -2.01. The van der Waals surface area contributed by atoms with Gasteiger partial charge < -0.3 is 18.3 Å². The number of hydrogen-bond donors (Lipinski definition) is 0. The molecule has 0 saturated carbocycles. The van der Waals surface area contributed by atoms with E-state index in [9.17, 15) is 0 Å². The molecule has 0 saturated heterocycles. The first kappa shape index (κ1) is 41.7. The number of fused-ring (bicyclic) bond motifs is 10. The lowest BCUT2D eigenvalue weighted by molar-refractivity contribution is 1.07. The van der Waals surface area contributed by atoms with Crippen LogP contribution >= 0.6 is 0 Å². The summed E-state index contributed by atoms with van der Waals surface area (Å²) in [5.41, 5.74) is 16.4. The zero-order chi connectivity index (χ0) is 48.7. The van der Waals surface area contributed by atoms with Crippen molar-refractivity contribution in [2.24, 2.45) is 0 Å². The minimum Gasteiger partial charge on any atom is -0.316 e. The second-order valence-corrected chi connectivity index (χ2v) is 18.9. The van der Waals surface area contributed by atoms with Crippen molar-refractivity contribution in [2.75, 3.05) is 0 Å². The predicted molar refractivity (Wildman–Crippen MR) is 304 cm³/mol. The van der Waals surface area contributed by atoms with Gasteiger partial charge in [0.1, 0.15) is 0 Å². The summed E-state index contributed by atoms with van der Waals surface area (Å²) >= 11 is 0. The van der Waals surface area contributed by atoms with Crippen LogP contribution in [0.25, 0.3) is 133 Å². The number of rotatable bonds is 8. The Morgan fingerprint density at radius 3 is 1.08 bits per heavy atom. The van der Waals surface area contributed by atoms with E-state index in [1.165, 1.54) is 43.5 Å². The Morgan fingerprint density at radius 1 is 0.230 bits per heavy atom. The van der Waals surface area contributed by atoms with E-state index in [0.717, 1.165) is 72.5 Å². The molecule has 5 heterocycles. The molecule has 0 fully saturated rings. The first-order valence-corrected chi connectivity index (χ1v) is 25.0. The summed E-state index contributed by atoms with van der Waals surface area (Å²) in [5.74, 6) is 1.87. The molecule has 0 aliphatic heterocycles. The molecule has 74 heavy (non-hydrogen) atoms. The molecule has 0 N–H and O–H groups in total. The molecule has 0 amide bonds. The van der Waals surface area contributed by atoms with Crippen LogP contribution in [0.2, 0.25) is 0 Å². The maximum atomic E-state index is 5.13. The summed E-state index contributed by atoms with van der Waals surface area (Å²) in [4.78, 5) is 15.2. The number of nitrogens with zero attached hydrogens (tertiary/aromatic N) is 7. The molecule has 0 atom stereocenters. The third kappa shape index (κ3) is 6.64. The van der Waals surface area contributed by atoms with Gasteiger partial charge in [-0.15, -0.1) is 0 Å². The van der Waals surface area contributed by atoms with Crippen LogP contribution in [0.1, 0.15) is 0 Å². The van der Waals surface area contributed by atoms with Crippen LogP contribution in [0, 0.1) is 0 Å². The van der Waals surface area contributed by atoms with Crippen molar-refractivity contribution in [3.8, 4) is 68.0 Å². The summed E-state index contributed by atoms with van der Waals surface area (Å²) in [7, 11) is 0. The van der Waals surface area contributed by atoms with Gasteiger partial charge in [0.05, 0.1) is 33.1 Å². The average molecular weight is 946 g/mol. The third-order valence-corrected chi connectivity index (χ3v) is 14.7. The van der Waals surface area contributed by atoms with E-state index in [0.29, 0.717) is 17.5 Å². The fraction of sp³-hybridized carbons (Fsp3) is 0. The fourth-order valence-corrected chi connectivity index (χ4v) is 11.3. The topological polar surface area (TPSA) is 58.4 Å². The maximum absolute atomic E-state index is 5.13. The van der Waals surface area contributed by atoms with Gasteiger partial charge in [-0.1, -0.05) is 152 Å². The van der Waals surface area contributed by atoms with Crippen molar-refractivity contribution in [3.63, 3.8) is 0 Å². The molecule has 0 aliphatic carbocycles. The molecule has 7 heteroatoms. The first-order valence-electron chi connectivity index (χ1n) is 25.0. The molecule has 0 spiro atoms. The Balaban J connectivity index is 0.929. The van der Waals surface area contributed by atoms with Gasteiger partial charge in [0.2, 0.25) is 0 Å². The van der Waals surface area contributed by atoms with E-state index in [1.54, 1.807) is 0 Å². The third-order valence-electron chi connectivity index (χ3n) is 14.7. The maximum Gasteiger partial charge on any atom is 0.164 e. The Kier molecular flexibility index (Phi) is 9.43. The van der Waals surface area contributed by atoms with Crippen molar-refractivity contribution < 1.29 is 0 Å². The Morgan fingerprint density at radius 2 is 0.608 bits per heavy atom. The van der Waals surface area contributed by atoms with Gasteiger partial charge in [-0.25, -0.2) is 15.0 Å². The van der Waals surface area contributed by atoms with Gasteiger partial charge in [-0.05, 0) is 108 Å². The summed E-state index contributed by atoms with van der Waals surface area (Å²) in [6, 6.07) is 88.5. The monoisotopic (exact) mass is 945 g/mol. The number of hydrogen-bond acceptors (Lipinski definition) is 3. The number of benzene rings is 10. The lowest BCUT2D eigenvalue weighted by atomic mass is 10.00. The quantitative estimate of drug-likeness (QED) is 0.152. The molecule has 0 radical (unpaired) electrons. The van der Waals surface area contributed by atoms with Crippen LogP contribution in [0.5, 0.6) is 0 Å². The second kappa shape index (κ2) is 16.8. The summed E-state index contributed by atoms with van der Waals surface area (Å²) in [6.45, 7) is 0. The summed E-state index contributed by atoms with van der Waals surface area (Å²) < 4.78 is 9.43. The zero-order valence-electron chi connectivity index (χ0n) is 40.0. The standard InChI is InChI=1S/C67H43N7/c1-6-17-44(18-7-1)65-68-66(45-19-8-2-9-20-45)70-67(69-65)48-21-16-28-52(41-48)74-62-34-30-47(43-58(62)54-32-36-60-56(64(54)74)38-40-72(60)50-24-12-4-13-25-50)46-29-33-61-57(42-46)53-31-35-59-55(37-39-71(59)49-22-10-3-11-23-49)63(53)73(61)51-26-14-5-15-27-51/h1-43H. The first-order chi connectivity index (χ1) is 36.7. The van der Waals surface area contributed by atoms with Crippen molar-refractivity contribution in [1.29, 1.82) is 0 Å². The van der Waals surface area contributed by atoms with Gasteiger partial charge in [0.25, 0.3) is 0 Å². The van der Waals surface area contributed by atoms with Crippen LogP contribution in [0.3, 0.4) is 0 Å². The van der Waals surface area contributed by atoms with Crippen LogP contribution in [-0.4, -0.2) is 33.2 Å². The van der Waals surface area contributed by atoms with Crippen molar-refractivity contribution >= 4 is 65.4 Å². The highest BCUT2D eigenvalue weighted by atomic mass is 15.0. The van der Waals surface area contributed by atoms with E-state index in [2.05, 4.69) is 219 Å². The van der Waals surface area contributed by atoms with Crippen LogP contribution in [0.4, 0.5) is 0 Å². The Bertz CT molecular complexity index is 4570. The summed E-state index contributed by atoms with van der Waals surface area (Å²) in [6.07, 6.45) is 4.39. The van der Waals surface area contributed by atoms with Crippen molar-refractivity contribution in [2.45, 2.75) is 0 Å². The lowest BCUT2D eigenvalue weighted by Gasteiger charge is -2.12. The summed E-state index contributed by atoms with van der Waals surface area (Å²) in [5, 5.41) is 7.15. The van der Waals surface area contributed by atoms with E-state index in [4.69, 9.17) is 15.0 Å². The van der Waals surface area contributed by atoms with Gasteiger partial charge in [-0.3, -0.25) is 0 Å². The van der Waals surface area contributed by atoms with E-state index in [-0.39, 0.29) is 0 Å². The molecular weight excluding hydrogens is 903 g/mol. The van der Waals surface area contributed by atoms with Crippen molar-refractivity contribution in [1.82, 2.24) is 33.2 Å².